The van der Waals surface area contributed by atoms with Gasteiger partial charge in [0.2, 0.25) is 0 Å². The lowest BCUT2D eigenvalue weighted by atomic mass is 10.2. The summed E-state index contributed by atoms with van der Waals surface area (Å²) in [6.45, 7) is 1.82. The molecule has 1 amide bonds. The number of anilines is 1. The first-order valence-electron chi connectivity index (χ1n) is 5.52. The Balaban J connectivity index is 2.20. The average Bonchev–Trinajstić information content (AvgIpc) is 2.86. The summed E-state index contributed by atoms with van der Waals surface area (Å²) in [7, 11) is 0. The number of benzene rings is 1. The summed E-state index contributed by atoms with van der Waals surface area (Å²) in [5.74, 6) is -0.396. The SMILES string of the molecule is Cc1nc(C(=O)Nc2ccc(/C(N)=N/O)cc2Cl)cs1. The Hall–Kier alpha value is -2.12. The molecule has 2 aromatic rings. The van der Waals surface area contributed by atoms with Crippen LogP contribution >= 0.6 is 22.9 Å². The molecule has 0 aliphatic rings. The number of amides is 1. The Labute approximate surface area is 123 Å². The van der Waals surface area contributed by atoms with Gasteiger partial charge in [-0.05, 0) is 25.1 Å². The smallest absolute Gasteiger partial charge is 0.275 e. The van der Waals surface area contributed by atoms with E-state index in [-0.39, 0.29) is 16.8 Å². The number of aromatic nitrogens is 1. The molecule has 0 saturated heterocycles. The number of nitrogens with one attached hydrogen (secondary N) is 1. The van der Waals surface area contributed by atoms with Gasteiger partial charge in [0.25, 0.3) is 5.91 Å². The molecule has 0 spiro atoms. The third kappa shape index (κ3) is 3.06. The van der Waals surface area contributed by atoms with E-state index in [1.807, 2.05) is 6.92 Å². The van der Waals surface area contributed by atoms with Crippen molar-refractivity contribution in [3.8, 4) is 0 Å². The number of oxime groups is 1. The predicted molar refractivity (Wildman–Crippen MR) is 78.8 cm³/mol. The summed E-state index contributed by atoms with van der Waals surface area (Å²) in [6.07, 6.45) is 0. The maximum Gasteiger partial charge on any atom is 0.275 e. The van der Waals surface area contributed by atoms with Crippen molar-refractivity contribution in [2.24, 2.45) is 10.9 Å². The number of nitrogens with two attached hydrogens (primary N) is 1. The maximum atomic E-state index is 11.9. The number of hydrogen-bond donors (Lipinski definition) is 3. The second-order valence-corrected chi connectivity index (χ2v) is 5.36. The standard InChI is InChI=1S/C12H11ClN4O2S/c1-6-15-10(5-20-6)12(18)16-9-3-2-7(4-8(9)13)11(14)17-19/h2-5,19H,1H3,(H2,14,17)(H,16,18). The number of rotatable bonds is 3. The number of aryl methyl sites for hydroxylation is 1. The average molecular weight is 311 g/mol. The number of amidine groups is 1. The molecule has 4 N–H and O–H groups in total. The molecule has 1 heterocycles. The number of hydrogen-bond acceptors (Lipinski definition) is 5. The molecule has 0 unspecified atom stereocenters. The zero-order valence-corrected chi connectivity index (χ0v) is 12.0. The molecule has 0 radical (unpaired) electrons. The largest absolute Gasteiger partial charge is 0.409 e. The van der Waals surface area contributed by atoms with Gasteiger partial charge in [0, 0.05) is 10.9 Å². The van der Waals surface area contributed by atoms with Gasteiger partial charge in [-0.2, -0.15) is 0 Å². The van der Waals surface area contributed by atoms with Gasteiger partial charge in [-0.3, -0.25) is 4.79 Å². The van der Waals surface area contributed by atoms with E-state index < -0.39 is 0 Å². The van der Waals surface area contributed by atoms with Crippen LogP contribution in [0.2, 0.25) is 5.02 Å². The Morgan fingerprint density at radius 2 is 2.30 bits per heavy atom. The van der Waals surface area contributed by atoms with Crippen molar-refractivity contribution in [3.63, 3.8) is 0 Å². The zero-order chi connectivity index (χ0) is 14.7. The highest BCUT2D eigenvalue weighted by Gasteiger charge is 2.12. The van der Waals surface area contributed by atoms with Crippen LogP contribution in [0.1, 0.15) is 21.1 Å². The summed E-state index contributed by atoms with van der Waals surface area (Å²) >= 11 is 7.43. The van der Waals surface area contributed by atoms with Crippen LogP contribution in [0.3, 0.4) is 0 Å². The lowest BCUT2D eigenvalue weighted by molar-refractivity contribution is 0.102. The van der Waals surface area contributed by atoms with Crippen LogP contribution in [0.5, 0.6) is 0 Å². The second-order valence-electron chi connectivity index (χ2n) is 3.89. The van der Waals surface area contributed by atoms with Gasteiger partial charge in [0.15, 0.2) is 5.84 Å². The van der Waals surface area contributed by atoms with Crippen LogP contribution in [0.15, 0.2) is 28.7 Å². The highest BCUT2D eigenvalue weighted by Crippen LogP contribution is 2.23. The summed E-state index contributed by atoms with van der Waals surface area (Å²) in [5.41, 5.74) is 6.68. The van der Waals surface area contributed by atoms with Gasteiger partial charge < -0.3 is 16.3 Å². The fraction of sp³-hybridized carbons (Fsp3) is 0.0833. The van der Waals surface area contributed by atoms with Crippen molar-refractivity contribution in [3.05, 3.63) is 44.9 Å². The molecule has 8 heteroatoms. The molecule has 0 atom stereocenters. The van der Waals surface area contributed by atoms with Crippen molar-refractivity contribution < 1.29 is 10.0 Å². The van der Waals surface area contributed by atoms with Crippen LogP contribution in [0.4, 0.5) is 5.69 Å². The van der Waals surface area contributed by atoms with Crippen molar-refractivity contribution >= 4 is 40.4 Å². The van der Waals surface area contributed by atoms with Crippen molar-refractivity contribution in [2.75, 3.05) is 5.32 Å². The molecule has 0 bridgehead atoms. The molecular formula is C12H11ClN4O2S. The molecule has 0 aliphatic carbocycles. The number of carbonyl (C=O) groups excluding carboxylic acids is 1. The summed E-state index contributed by atoms with van der Waals surface area (Å²) < 4.78 is 0. The summed E-state index contributed by atoms with van der Waals surface area (Å²) in [4.78, 5) is 16.0. The van der Waals surface area contributed by atoms with E-state index >= 15 is 0 Å². The number of thiazole rings is 1. The summed E-state index contributed by atoms with van der Waals surface area (Å²) in [5, 5.41) is 16.9. The van der Waals surface area contributed by atoms with Gasteiger partial charge in [0.1, 0.15) is 5.69 Å². The molecular weight excluding hydrogens is 300 g/mol. The Bertz CT molecular complexity index is 684. The molecule has 1 aromatic carbocycles. The van der Waals surface area contributed by atoms with Crippen LogP contribution < -0.4 is 11.1 Å². The van der Waals surface area contributed by atoms with E-state index in [1.165, 1.54) is 17.4 Å². The fourth-order valence-electron chi connectivity index (χ4n) is 1.49. The normalized spacial score (nSPS) is 11.4. The van der Waals surface area contributed by atoms with Gasteiger partial charge in [0.05, 0.1) is 15.7 Å². The predicted octanol–water partition coefficient (Wildman–Crippen LogP) is 2.45. The zero-order valence-electron chi connectivity index (χ0n) is 10.4. The first-order chi connectivity index (χ1) is 9.51. The lowest BCUT2D eigenvalue weighted by Gasteiger charge is -2.07. The third-order valence-corrected chi connectivity index (χ3v) is 3.56. The third-order valence-electron chi connectivity index (χ3n) is 2.47. The molecule has 20 heavy (non-hydrogen) atoms. The van der Waals surface area contributed by atoms with E-state index in [1.54, 1.807) is 17.5 Å². The van der Waals surface area contributed by atoms with Gasteiger partial charge in [-0.25, -0.2) is 4.98 Å². The monoisotopic (exact) mass is 310 g/mol. The Kier molecular flexibility index (Phi) is 4.21. The molecule has 1 aromatic heterocycles. The molecule has 6 nitrogen and oxygen atoms in total. The molecule has 104 valence electrons. The van der Waals surface area contributed by atoms with E-state index in [4.69, 9.17) is 22.5 Å². The van der Waals surface area contributed by atoms with Gasteiger partial charge in [-0.15, -0.1) is 11.3 Å². The van der Waals surface area contributed by atoms with Crippen LogP contribution in [-0.2, 0) is 0 Å². The Morgan fingerprint density at radius 3 is 2.85 bits per heavy atom. The second kappa shape index (κ2) is 5.89. The number of nitrogens with zero attached hydrogens (tertiary/aromatic N) is 2. The minimum atomic E-state index is -0.340. The maximum absolute atomic E-state index is 11.9. The number of halogens is 1. The van der Waals surface area contributed by atoms with Crippen molar-refractivity contribution in [2.45, 2.75) is 6.92 Å². The van der Waals surface area contributed by atoms with Gasteiger partial charge in [-0.1, -0.05) is 16.8 Å². The Morgan fingerprint density at radius 1 is 1.55 bits per heavy atom. The first-order valence-corrected chi connectivity index (χ1v) is 6.78. The quantitative estimate of drug-likeness (QED) is 0.351. The summed E-state index contributed by atoms with van der Waals surface area (Å²) in [6, 6.07) is 4.66. The molecule has 0 fully saturated rings. The lowest BCUT2D eigenvalue weighted by Crippen LogP contribution is -2.15. The van der Waals surface area contributed by atoms with Crippen molar-refractivity contribution in [1.29, 1.82) is 0 Å². The fourth-order valence-corrected chi connectivity index (χ4v) is 2.31. The highest BCUT2D eigenvalue weighted by atomic mass is 35.5. The van der Waals surface area contributed by atoms with Crippen LogP contribution in [-0.4, -0.2) is 21.9 Å². The first kappa shape index (κ1) is 14.3. The molecule has 0 aliphatic heterocycles. The minimum Gasteiger partial charge on any atom is -0.409 e. The van der Waals surface area contributed by atoms with Gasteiger partial charge >= 0.3 is 0 Å². The van der Waals surface area contributed by atoms with E-state index in [9.17, 15) is 4.79 Å². The topological polar surface area (TPSA) is 101 Å². The van der Waals surface area contributed by atoms with Crippen LogP contribution in [0.25, 0.3) is 0 Å². The van der Waals surface area contributed by atoms with Crippen molar-refractivity contribution in [1.82, 2.24) is 4.98 Å². The highest BCUT2D eigenvalue weighted by molar-refractivity contribution is 7.09. The van der Waals surface area contributed by atoms with Crippen LogP contribution in [0, 0.1) is 6.92 Å². The molecule has 2 rings (SSSR count). The number of carbonyl (C=O) groups is 1. The van der Waals surface area contributed by atoms with E-state index in [2.05, 4.69) is 15.5 Å². The van der Waals surface area contributed by atoms with E-state index in [0.717, 1.165) is 5.01 Å². The van der Waals surface area contributed by atoms with E-state index in [0.29, 0.717) is 16.9 Å². The molecule has 0 saturated carbocycles. The minimum absolute atomic E-state index is 0.0556.